The summed E-state index contributed by atoms with van der Waals surface area (Å²) in [5.41, 5.74) is 0. The molecule has 1 aromatic heterocycles. The van der Waals surface area contributed by atoms with Crippen LogP contribution in [0.2, 0.25) is 0 Å². The van der Waals surface area contributed by atoms with Gasteiger partial charge in [-0.3, -0.25) is 0 Å². The maximum atomic E-state index is 12.7. The topological polar surface area (TPSA) is 47.0 Å². The van der Waals surface area contributed by atoms with E-state index in [0.29, 0.717) is 18.9 Å². The monoisotopic (exact) mass is 311 g/mol. The Hall–Kier alpha value is -1.60. The van der Waals surface area contributed by atoms with Gasteiger partial charge in [0.05, 0.1) is 6.61 Å². The predicted octanol–water partition coefficient (Wildman–Crippen LogP) is 3.45. The molecule has 0 amide bonds. The van der Waals surface area contributed by atoms with Gasteiger partial charge in [0.2, 0.25) is 5.13 Å². The number of anilines is 1. The molecule has 0 bridgehead atoms. The van der Waals surface area contributed by atoms with Crippen LogP contribution in [-0.4, -0.2) is 29.1 Å². The highest BCUT2D eigenvalue weighted by atomic mass is 32.2. The number of thioether (sulfide) groups is 1. The molecule has 0 atom stereocenters. The molecular weight excluding hydrogens is 297 g/mol. The zero-order valence-corrected chi connectivity index (χ0v) is 12.3. The first-order chi connectivity index (χ1) is 9.78. The Morgan fingerprint density at radius 1 is 1.35 bits per heavy atom. The van der Waals surface area contributed by atoms with Gasteiger partial charge in [-0.25, -0.2) is 4.39 Å². The Labute approximate surface area is 125 Å². The summed E-state index contributed by atoms with van der Waals surface area (Å²) in [7, 11) is 0. The van der Waals surface area contributed by atoms with E-state index in [1.54, 1.807) is 30.0 Å². The van der Waals surface area contributed by atoms with Crippen LogP contribution < -0.4 is 10.1 Å². The van der Waals surface area contributed by atoms with Crippen LogP contribution in [-0.2, 0) is 0 Å². The summed E-state index contributed by atoms with van der Waals surface area (Å²) < 4.78 is 19.1. The van der Waals surface area contributed by atoms with E-state index >= 15 is 0 Å². The molecule has 1 N–H and O–H groups in total. The lowest BCUT2D eigenvalue weighted by Crippen LogP contribution is -1.99. The molecule has 20 heavy (non-hydrogen) atoms. The van der Waals surface area contributed by atoms with Crippen molar-refractivity contribution in [2.75, 3.05) is 24.2 Å². The van der Waals surface area contributed by atoms with Gasteiger partial charge in [0.15, 0.2) is 4.34 Å². The normalized spacial score (nSPS) is 10.2. The minimum atomic E-state index is -0.264. The second-order valence-electron chi connectivity index (χ2n) is 3.69. The second-order valence-corrected chi connectivity index (χ2v) is 6.01. The van der Waals surface area contributed by atoms with E-state index in [1.165, 1.54) is 23.5 Å². The zero-order chi connectivity index (χ0) is 14.2. The standard InChI is InChI=1S/C13H14FN3OS2/c1-2-7-15-12-16-17-13(20-12)19-9-8-18-11-5-3-10(14)4-6-11/h2-6H,1,7-9H2,(H,15,16). The van der Waals surface area contributed by atoms with E-state index in [0.717, 1.165) is 15.2 Å². The van der Waals surface area contributed by atoms with E-state index in [1.807, 2.05) is 0 Å². The summed E-state index contributed by atoms with van der Waals surface area (Å²) >= 11 is 3.07. The van der Waals surface area contributed by atoms with E-state index in [-0.39, 0.29) is 5.82 Å². The Balaban J connectivity index is 1.69. The van der Waals surface area contributed by atoms with Crippen molar-refractivity contribution in [1.29, 1.82) is 0 Å². The maximum Gasteiger partial charge on any atom is 0.206 e. The minimum absolute atomic E-state index is 0.264. The van der Waals surface area contributed by atoms with Crippen LogP contribution in [0, 0.1) is 5.82 Å². The molecule has 0 spiro atoms. The van der Waals surface area contributed by atoms with Gasteiger partial charge in [0, 0.05) is 12.3 Å². The first-order valence-corrected chi connectivity index (χ1v) is 7.77. The molecule has 0 fully saturated rings. The first kappa shape index (κ1) is 14.8. The van der Waals surface area contributed by atoms with Gasteiger partial charge < -0.3 is 10.1 Å². The third-order valence-corrected chi connectivity index (χ3v) is 4.17. The van der Waals surface area contributed by atoms with Gasteiger partial charge in [-0.1, -0.05) is 29.2 Å². The van der Waals surface area contributed by atoms with Gasteiger partial charge in [-0.15, -0.1) is 16.8 Å². The third-order valence-electron chi connectivity index (χ3n) is 2.20. The van der Waals surface area contributed by atoms with Gasteiger partial charge in [-0.05, 0) is 24.3 Å². The number of nitrogens with zero attached hydrogens (tertiary/aromatic N) is 2. The number of ether oxygens (including phenoxy) is 1. The molecule has 7 heteroatoms. The van der Waals surface area contributed by atoms with E-state index in [9.17, 15) is 4.39 Å². The van der Waals surface area contributed by atoms with E-state index < -0.39 is 0 Å². The molecule has 106 valence electrons. The van der Waals surface area contributed by atoms with Gasteiger partial charge in [-0.2, -0.15) is 0 Å². The second kappa shape index (κ2) is 7.86. The molecule has 1 heterocycles. The summed E-state index contributed by atoms with van der Waals surface area (Å²) in [5, 5.41) is 11.9. The van der Waals surface area contributed by atoms with Gasteiger partial charge in [0.1, 0.15) is 11.6 Å². The van der Waals surface area contributed by atoms with Crippen molar-refractivity contribution >= 4 is 28.2 Å². The lowest BCUT2D eigenvalue weighted by atomic mass is 10.3. The lowest BCUT2D eigenvalue weighted by molar-refractivity contribution is 0.343. The zero-order valence-electron chi connectivity index (χ0n) is 10.7. The molecule has 0 unspecified atom stereocenters. The molecule has 0 saturated carbocycles. The Bertz CT molecular complexity index is 545. The Morgan fingerprint density at radius 2 is 2.15 bits per heavy atom. The SMILES string of the molecule is C=CCNc1nnc(SCCOc2ccc(F)cc2)s1. The van der Waals surface area contributed by atoms with E-state index in [2.05, 4.69) is 22.1 Å². The molecule has 0 aliphatic rings. The molecular formula is C13H14FN3OS2. The highest BCUT2D eigenvalue weighted by Crippen LogP contribution is 2.25. The fraction of sp³-hybridized carbons (Fsp3) is 0.231. The molecule has 2 rings (SSSR count). The van der Waals surface area contributed by atoms with Crippen molar-refractivity contribution in [2.24, 2.45) is 0 Å². The fourth-order valence-electron chi connectivity index (χ4n) is 1.32. The van der Waals surface area contributed by atoms with E-state index in [4.69, 9.17) is 4.74 Å². The molecule has 0 saturated heterocycles. The number of hydrogen-bond donors (Lipinski definition) is 1. The van der Waals surface area contributed by atoms with Crippen LogP contribution >= 0.6 is 23.1 Å². The summed E-state index contributed by atoms with van der Waals surface area (Å²) in [6, 6.07) is 5.99. The number of benzene rings is 1. The van der Waals surface area contributed by atoms with Gasteiger partial charge >= 0.3 is 0 Å². The Morgan fingerprint density at radius 3 is 2.90 bits per heavy atom. The number of rotatable bonds is 8. The number of aromatic nitrogens is 2. The summed E-state index contributed by atoms with van der Waals surface area (Å²) in [6.45, 7) is 4.83. The highest BCUT2D eigenvalue weighted by Gasteiger charge is 2.03. The predicted molar refractivity (Wildman–Crippen MR) is 81.2 cm³/mol. The molecule has 1 aromatic carbocycles. The molecule has 4 nitrogen and oxygen atoms in total. The fourth-order valence-corrected chi connectivity index (χ4v) is 2.96. The minimum Gasteiger partial charge on any atom is -0.493 e. The van der Waals surface area contributed by atoms with Crippen molar-refractivity contribution in [3.63, 3.8) is 0 Å². The molecule has 2 aromatic rings. The summed E-state index contributed by atoms with van der Waals surface area (Å²) in [5.74, 6) is 1.16. The summed E-state index contributed by atoms with van der Waals surface area (Å²) in [6.07, 6.45) is 1.77. The lowest BCUT2D eigenvalue weighted by Gasteiger charge is -2.04. The number of nitrogens with one attached hydrogen (secondary N) is 1. The third kappa shape index (κ3) is 4.82. The van der Waals surface area contributed by atoms with Crippen LogP contribution in [0.5, 0.6) is 5.75 Å². The Kier molecular flexibility index (Phi) is 5.82. The average Bonchev–Trinajstić information content (AvgIpc) is 2.91. The van der Waals surface area contributed by atoms with Crippen LogP contribution in [0.25, 0.3) is 0 Å². The maximum absolute atomic E-state index is 12.7. The van der Waals surface area contributed by atoms with Crippen molar-refractivity contribution in [3.05, 3.63) is 42.7 Å². The highest BCUT2D eigenvalue weighted by molar-refractivity contribution is 8.01. The first-order valence-electron chi connectivity index (χ1n) is 5.97. The molecule has 0 radical (unpaired) electrons. The van der Waals surface area contributed by atoms with Crippen LogP contribution in [0.4, 0.5) is 9.52 Å². The average molecular weight is 311 g/mol. The van der Waals surface area contributed by atoms with Crippen molar-refractivity contribution in [1.82, 2.24) is 10.2 Å². The quantitative estimate of drug-likeness (QED) is 0.460. The van der Waals surface area contributed by atoms with Gasteiger partial charge in [0.25, 0.3) is 0 Å². The smallest absolute Gasteiger partial charge is 0.206 e. The molecule has 0 aliphatic carbocycles. The van der Waals surface area contributed by atoms with Crippen molar-refractivity contribution in [2.45, 2.75) is 4.34 Å². The number of halogens is 1. The van der Waals surface area contributed by atoms with Crippen molar-refractivity contribution < 1.29 is 9.13 Å². The van der Waals surface area contributed by atoms with Crippen molar-refractivity contribution in [3.8, 4) is 5.75 Å². The van der Waals surface area contributed by atoms with Crippen LogP contribution in [0.15, 0.2) is 41.3 Å². The molecule has 0 aliphatic heterocycles. The van der Waals surface area contributed by atoms with Crippen LogP contribution in [0.1, 0.15) is 0 Å². The summed E-state index contributed by atoms with van der Waals surface area (Å²) in [4.78, 5) is 0. The van der Waals surface area contributed by atoms with Crippen LogP contribution in [0.3, 0.4) is 0 Å². The largest absolute Gasteiger partial charge is 0.493 e. The number of hydrogen-bond acceptors (Lipinski definition) is 6.